The van der Waals surface area contributed by atoms with Gasteiger partial charge < -0.3 is 21.1 Å². The second-order valence-electron chi connectivity index (χ2n) is 6.70. The first-order valence-corrected chi connectivity index (χ1v) is 8.78. The number of nitrogens with zero attached hydrogens (tertiary/aromatic N) is 4. The maximum absolute atomic E-state index is 9.11. The first-order chi connectivity index (χ1) is 12.6. The molecular weight excluding hydrogens is 332 g/mol. The molecule has 4 rings (SSSR count). The molecule has 1 aromatic heterocycles. The van der Waals surface area contributed by atoms with Crippen LogP contribution in [0.4, 0.5) is 5.69 Å². The monoisotopic (exact) mass is 354 g/mol. The van der Waals surface area contributed by atoms with Gasteiger partial charge in [0.25, 0.3) is 0 Å². The minimum absolute atomic E-state index is 0.173. The number of nitrogens with two attached hydrogens (primary N) is 2. The van der Waals surface area contributed by atoms with E-state index in [4.69, 9.17) is 21.1 Å². The molecule has 0 amide bonds. The van der Waals surface area contributed by atoms with Gasteiger partial charge in [-0.15, -0.1) is 0 Å². The fraction of sp³-hybridized carbons (Fsp3) is 0.389. The molecule has 0 atom stereocenters. The van der Waals surface area contributed by atoms with E-state index in [-0.39, 0.29) is 12.6 Å². The third-order valence-electron chi connectivity index (χ3n) is 4.99. The topological polar surface area (TPSA) is 126 Å². The summed E-state index contributed by atoms with van der Waals surface area (Å²) in [5.41, 5.74) is 14.2. The van der Waals surface area contributed by atoms with Crippen molar-refractivity contribution in [3.8, 4) is 11.3 Å². The summed E-state index contributed by atoms with van der Waals surface area (Å²) in [7, 11) is 0. The predicted molar refractivity (Wildman–Crippen MR) is 99.4 cm³/mol. The summed E-state index contributed by atoms with van der Waals surface area (Å²) in [6.45, 7) is -0.173. The van der Waals surface area contributed by atoms with Crippen molar-refractivity contribution >= 4 is 17.6 Å². The first-order valence-electron chi connectivity index (χ1n) is 8.78. The van der Waals surface area contributed by atoms with Crippen molar-refractivity contribution in [2.75, 3.05) is 4.90 Å². The Morgan fingerprint density at radius 1 is 1.12 bits per heavy atom. The molecule has 8 nitrogen and oxygen atoms in total. The highest BCUT2D eigenvalue weighted by molar-refractivity contribution is 6.05. The predicted octanol–water partition coefficient (Wildman–Crippen LogP) is 1.94. The van der Waals surface area contributed by atoms with Crippen LogP contribution >= 0.6 is 0 Å². The van der Waals surface area contributed by atoms with Crippen LogP contribution in [0, 0.1) is 0 Å². The molecule has 2 aliphatic rings. The maximum atomic E-state index is 9.11. The molecule has 0 unspecified atom stereocenters. The molecule has 1 aromatic carbocycles. The Morgan fingerprint density at radius 2 is 1.85 bits per heavy atom. The normalized spacial score (nSPS) is 19.3. The van der Waals surface area contributed by atoms with E-state index in [1.165, 1.54) is 6.42 Å². The van der Waals surface area contributed by atoms with E-state index in [2.05, 4.69) is 15.1 Å². The zero-order chi connectivity index (χ0) is 18.1. The highest BCUT2D eigenvalue weighted by Crippen LogP contribution is 2.39. The summed E-state index contributed by atoms with van der Waals surface area (Å²) in [6.07, 6.45) is 5.16. The Bertz CT molecular complexity index is 849. The van der Waals surface area contributed by atoms with Crippen LogP contribution in [0.5, 0.6) is 0 Å². The number of hydrogen-bond acceptors (Lipinski definition) is 8. The molecule has 1 saturated carbocycles. The van der Waals surface area contributed by atoms with Gasteiger partial charge in [0.15, 0.2) is 5.76 Å². The fourth-order valence-electron chi connectivity index (χ4n) is 3.80. The molecule has 26 heavy (non-hydrogen) atoms. The first kappa shape index (κ1) is 16.6. The second kappa shape index (κ2) is 6.45. The van der Waals surface area contributed by atoms with Gasteiger partial charge in [-0.05, 0) is 37.8 Å². The van der Waals surface area contributed by atoms with Crippen LogP contribution in [0.1, 0.15) is 37.9 Å². The van der Waals surface area contributed by atoms with Gasteiger partial charge in [0.1, 0.15) is 18.0 Å². The average Bonchev–Trinajstić information content (AvgIpc) is 3.11. The lowest BCUT2D eigenvalue weighted by molar-refractivity contribution is 0.229. The van der Waals surface area contributed by atoms with Crippen molar-refractivity contribution in [3.63, 3.8) is 0 Å². The summed E-state index contributed by atoms with van der Waals surface area (Å²) < 4.78 is 5.05. The lowest BCUT2D eigenvalue weighted by Gasteiger charge is -2.45. The summed E-state index contributed by atoms with van der Waals surface area (Å²) >= 11 is 0. The molecular formula is C18H22N6O2. The van der Waals surface area contributed by atoms with Crippen LogP contribution in [0.3, 0.4) is 0 Å². The summed E-state index contributed by atoms with van der Waals surface area (Å²) in [6, 6.07) is 9.55. The van der Waals surface area contributed by atoms with Gasteiger partial charge in [-0.3, -0.25) is 4.90 Å². The van der Waals surface area contributed by atoms with Crippen LogP contribution in [0.2, 0.25) is 0 Å². The Morgan fingerprint density at radius 3 is 2.50 bits per heavy atom. The average molecular weight is 354 g/mol. The molecule has 1 aliphatic heterocycles. The number of aliphatic hydroxyl groups is 1. The molecule has 1 aliphatic carbocycles. The Labute approximate surface area is 151 Å². The second-order valence-corrected chi connectivity index (χ2v) is 6.70. The van der Waals surface area contributed by atoms with Crippen molar-refractivity contribution < 1.29 is 9.63 Å². The van der Waals surface area contributed by atoms with Gasteiger partial charge >= 0.3 is 0 Å². The Kier molecular flexibility index (Phi) is 4.12. The van der Waals surface area contributed by atoms with Gasteiger partial charge in [0, 0.05) is 17.3 Å². The molecule has 0 saturated heterocycles. The number of benzene rings is 1. The number of hydrogen-bond donors (Lipinski definition) is 3. The number of guanidine groups is 2. The van der Waals surface area contributed by atoms with E-state index < -0.39 is 5.66 Å². The van der Waals surface area contributed by atoms with Crippen LogP contribution in [-0.4, -0.2) is 27.8 Å². The number of aliphatic hydroxyl groups excluding tert-OH is 1. The molecule has 1 fully saturated rings. The van der Waals surface area contributed by atoms with Crippen molar-refractivity contribution in [1.82, 2.24) is 5.16 Å². The van der Waals surface area contributed by atoms with Gasteiger partial charge in [0.05, 0.1) is 0 Å². The molecule has 0 bridgehead atoms. The van der Waals surface area contributed by atoms with Crippen molar-refractivity contribution in [2.24, 2.45) is 21.5 Å². The standard InChI is InChI=1S/C18H22N6O2/c19-16-21-17(20)24(18(22-16)8-2-1-3-9-18)13-6-4-12(5-7-13)15-10-14(11-25)26-23-15/h4-7,10,25H,1-3,8-9,11H2,(H4,19,20,21,22). The summed E-state index contributed by atoms with van der Waals surface area (Å²) in [5.74, 6) is 1.05. The molecule has 5 N–H and O–H groups in total. The minimum atomic E-state index is -0.451. The lowest BCUT2D eigenvalue weighted by atomic mass is 9.87. The SMILES string of the molecule is NC1=NC2(CCCCC2)N(c2ccc(-c3cc(CO)on3)cc2)C(N)=N1. The van der Waals surface area contributed by atoms with Crippen molar-refractivity contribution in [2.45, 2.75) is 44.4 Å². The third-order valence-corrected chi connectivity index (χ3v) is 4.99. The van der Waals surface area contributed by atoms with Gasteiger partial charge in [-0.1, -0.05) is 23.7 Å². The van der Waals surface area contributed by atoms with Gasteiger partial charge in [-0.25, -0.2) is 4.99 Å². The molecule has 2 aromatic rings. The van der Waals surface area contributed by atoms with Crippen LogP contribution in [-0.2, 0) is 6.61 Å². The maximum Gasteiger partial charge on any atom is 0.220 e. The highest BCUT2D eigenvalue weighted by atomic mass is 16.5. The number of rotatable bonds is 3. The summed E-state index contributed by atoms with van der Waals surface area (Å²) in [5, 5.41) is 13.1. The van der Waals surface area contributed by atoms with E-state index >= 15 is 0 Å². The quantitative estimate of drug-likeness (QED) is 0.773. The number of anilines is 1. The van der Waals surface area contributed by atoms with E-state index in [0.29, 0.717) is 17.4 Å². The molecule has 136 valence electrons. The van der Waals surface area contributed by atoms with E-state index in [1.807, 2.05) is 29.2 Å². The van der Waals surface area contributed by atoms with Crippen molar-refractivity contribution in [3.05, 3.63) is 36.1 Å². The minimum Gasteiger partial charge on any atom is -0.388 e. The van der Waals surface area contributed by atoms with Crippen LogP contribution in [0.25, 0.3) is 11.3 Å². The Hall–Kier alpha value is -2.87. The third kappa shape index (κ3) is 2.82. The number of aliphatic imine (C=N–C) groups is 2. The molecule has 0 radical (unpaired) electrons. The zero-order valence-corrected chi connectivity index (χ0v) is 14.4. The van der Waals surface area contributed by atoms with Gasteiger partial charge in [-0.2, -0.15) is 4.99 Å². The van der Waals surface area contributed by atoms with Crippen molar-refractivity contribution in [1.29, 1.82) is 0 Å². The zero-order valence-electron chi connectivity index (χ0n) is 14.4. The van der Waals surface area contributed by atoms with E-state index in [9.17, 15) is 0 Å². The smallest absolute Gasteiger partial charge is 0.220 e. The Balaban J connectivity index is 1.68. The summed E-state index contributed by atoms with van der Waals surface area (Å²) in [4.78, 5) is 10.8. The largest absolute Gasteiger partial charge is 0.388 e. The van der Waals surface area contributed by atoms with Gasteiger partial charge in [0.2, 0.25) is 11.9 Å². The van der Waals surface area contributed by atoms with Crippen LogP contribution < -0.4 is 16.4 Å². The molecule has 1 spiro atoms. The van der Waals surface area contributed by atoms with Crippen LogP contribution in [0.15, 0.2) is 44.8 Å². The lowest BCUT2D eigenvalue weighted by Crippen LogP contribution is -2.58. The molecule has 2 heterocycles. The van der Waals surface area contributed by atoms with E-state index in [0.717, 1.165) is 36.9 Å². The van der Waals surface area contributed by atoms with E-state index in [1.54, 1.807) is 6.07 Å². The number of aromatic nitrogens is 1. The molecule has 8 heteroatoms. The fourth-order valence-corrected chi connectivity index (χ4v) is 3.80. The highest BCUT2D eigenvalue weighted by Gasteiger charge is 2.42.